The molecular formula is C24H37N3O3. The van der Waals surface area contributed by atoms with Gasteiger partial charge in [0.1, 0.15) is 0 Å². The van der Waals surface area contributed by atoms with Crippen LogP contribution >= 0.6 is 0 Å². The maximum atomic E-state index is 8.95. The minimum atomic E-state index is 0.0203. The molecule has 0 spiro atoms. The molecule has 1 fully saturated rings. The molecule has 4 N–H and O–H groups in total. The molecule has 0 aliphatic carbocycles. The Kier molecular flexibility index (Phi) is 13.2. The maximum absolute atomic E-state index is 8.95. The summed E-state index contributed by atoms with van der Waals surface area (Å²) in [6.07, 6.45) is 2.72. The number of hydrogen-bond acceptors (Lipinski definition) is 6. The number of nitrogens with zero attached hydrogens (tertiary/aromatic N) is 1. The molecule has 0 bridgehead atoms. The number of aliphatic hydroxyl groups excluding tert-OH is 1. The molecule has 1 aliphatic heterocycles. The Morgan fingerprint density at radius 1 is 0.933 bits per heavy atom. The predicted molar refractivity (Wildman–Crippen MR) is 123 cm³/mol. The molecule has 2 aromatic carbocycles. The van der Waals surface area contributed by atoms with Crippen LogP contribution in [0.3, 0.4) is 0 Å². The quantitative estimate of drug-likeness (QED) is 0.567. The van der Waals surface area contributed by atoms with Gasteiger partial charge in [0, 0.05) is 13.1 Å². The number of benzene rings is 2. The third-order valence-electron chi connectivity index (χ3n) is 4.62. The van der Waals surface area contributed by atoms with Crippen LogP contribution in [0.4, 0.5) is 0 Å². The molecule has 1 saturated heterocycles. The number of rotatable bonds is 8. The van der Waals surface area contributed by atoms with Crippen LogP contribution < -0.4 is 15.2 Å². The van der Waals surface area contributed by atoms with E-state index in [0.29, 0.717) is 25.5 Å². The summed E-state index contributed by atoms with van der Waals surface area (Å²) in [5.74, 6) is 1.42. The molecule has 0 atom stereocenters. The second-order valence-electron chi connectivity index (χ2n) is 6.81. The summed E-state index contributed by atoms with van der Waals surface area (Å²) in [5.41, 5.74) is 9.08. The molecule has 6 heteroatoms. The lowest BCUT2D eigenvalue weighted by Crippen LogP contribution is -2.18. The van der Waals surface area contributed by atoms with E-state index in [9.17, 15) is 0 Å². The van der Waals surface area contributed by atoms with Gasteiger partial charge in [-0.1, -0.05) is 30.3 Å². The summed E-state index contributed by atoms with van der Waals surface area (Å²) in [4.78, 5) is 2.51. The Hall–Kier alpha value is -2.41. The van der Waals surface area contributed by atoms with E-state index >= 15 is 0 Å². The van der Waals surface area contributed by atoms with Crippen LogP contribution in [-0.4, -0.2) is 43.0 Å². The van der Waals surface area contributed by atoms with Crippen LogP contribution in [0.2, 0.25) is 0 Å². The largest absolute Gasteiger partial charge is 0.490 e. The first-order valence-electron chi connectivity index (χ1n) is 10.5. The lowest BCUT2D eigenvalue weighted by Gasteiger charge is -2.14. The van der Waals surface area contributed by atoms with E-state index in [1.54, 1.807) is 6.07 Å². The normalized spacial score (nSPS) is 12.9. The molecule has 0 saturated carbocycles. The van der Waals surface area contributed by atoms with Crippen molar-refractivity contribution < 1.29 is 14.6 Å². The summed E-state index contributed by atoms with van der Waals surface area (Å²) in [7, 11) is 0. The second kappa shape index (κ2) is 15.4. The molecule has 0 amide bonds. The highest BCUT2D eigenvalue weighted by molar-refractivity contribution is 5.42. The van der Waals surface area contributed by atoms with Gasteiger partial charge in [-0.3, -0.25) is 4.90 Å². The SMILES string of the molecule is C=N.CCOc1ccc(CO)cc1OCC.NCc1cccc(CN2CCCC2)c1. The summed E-state index contributed by atoms with van der Waals surface area (Å²) >= 11 is 0. The van der Waals surface area contributed by atoms with E-state index in [1.807, 2.05) is 26.0 Å². The molecule has 166 valence electrons. The zero-order chi connectivity index (χ0) is 22.2. The van der Waals surface area contributed by atoms with Gasteiger partial charge >= 0.3 is 0 Å². The fourth-order valence-corrected chi connectivity index (χ4v) is 3.25. The topological polar surface area (TPSA) is 91.8 Å². The molecule has 6 nitrogen and oxygen atoms in total. The van der Waals surface area contributed by atoms with Crippen LogP contribution in [0.5, 0.6) is 11.5 Å². The van der Waals surface area contributed by atoms with Crippen molar-refractivity contribution in [2.45, 2.75) is 46.4 Å². The Morgan fingerprint density at radius 2 is 1.57 bits per heavy atom. The maximum Gasteiger partial charge on any atom is 0.161 e. The Balaban J connectivity index is 0.000000277. The fraction of sp³-hybridized carbons (Fsp3) is 0.458. The number of hydrogen-bond donors (Lipinski definition) is 3. The monoisotopic (exact) mass is 415 g/mol. The van der Waals surface area contributed by atoms with Crippen molar-refractivity contribution in [3.8, 4) is 11.5 Å². The van der Waals surface area contributed by atoms with Gasteiger partial charge in [-0.2, -0.15) is 0 Å². The van der Waals surface area contributed by atoms with E-state index in [0.717, 1.165) is 17.9 Å². The number of nitrogens with one attached hydrogen (secondary N) is 1. The molecule has 2 aromatic rings. The van der Waals surface area contributed by atoms with Gasteiger partial charge < -0.3 is 25.7 Å². The average Bonchev–Trinajstić information content (AvgIpc) is 3.30. The summed E-state index contributed by atoms with van der Waals surface area (Å²) in [6.45, 7) is 11.8. The lowest BCUT2D eigenvalue weighted by molar-refractivity contribution is 0.273. The van der Waals surface area contributed by atoms with Crippen molar-refractivity contribution in [3.05, 3.63) is 59.2 Å². The highest BCUT2D eigenvalue weighted by Gasteiger charge is 2.11. The third kappa shape index (κ3) is 8.95. The van der Waals surface area contributed by atoms with Gasteiger partial charge in [-0.25, -0.2) is 0 Å². The van der Waals surface area contributed by atoms with Crippen molar-refractivity contribution >= 4 is 6.72 Å². The van der Waals surface area contributed by atoms with Crippen LogP contribution in [-0.2, 0) is 19.7 Å². The Bertz CT molecular complexity index is 719. The van der Waals surface area contributed by atoms with Crippen molar-refractivity contribution in [2.24, 2.45) is 5.73 Å². The van der Waals surface area contributed by atoms with Crippen LogP contribution in [0, 0.1) is 5.41 Å². The highest BCUT2D eigenvalue weighted by atomic mass is 16.5. The van der Waals surface area contributed by atoms with E-state index in [-0.39, 0.29) is 6.61 Å². The lowest BCUT2D eigenvalue weighted by atomic mass is 10.1. The van der Waals surface area contributed by atoms with E-state index in [1.165, 1.54) is 37.1 Å². The summed E-state index contributed by atoms with van der Waals surface area (Å²) in [5, 5.41) is 14.5. The van der Waals surface area contributed by atoms with E-state index < -0.39 is 0 Å². The first-order valence-corrected chi connectivity index (χ1v) is 10.5. The van der Waals surface area contributed by atoms with Crippen LogP contribution in [0.25, 0.3) is 0 Å². The first kappa shape index (κ1) is 25.6. The Morgan fingerprint density at radius 3 is 2.17 bits per heavy atom. The van der Waals surface area contributed by atoms with Crippen LogP contribution in [0.1, 0.15) is 43.4 Å². The number of likely N-dealkylation sites (tertiary alicyclic amines) is 1. The molecule has 0 unspecified atom stereocenters. The number of aliphatic hydroxyl groups is 1. The summed E-state index contributed by atoms with van der Waals surface area (Å²) < 4.78 is 10.8. The molecule has 30 heavy (non-hydrogen) atoms. The number of ether oxygens (including phenoxy) is 2. The average molecular weight is 416 g/mol. The molecule has 1 aliphatic rings. The number of nitrogens with two attached hydrogens (primary N) is 1. The third-order valence-corrected chi connectivity index (χ3v) is 4.62. The van der Waals surface area contributed by atoms with Gasteiger partial charge in [0.05, 0.1) is 19.8 Å². The van der Waals surface area contributed by atoms with Crippen LogP contribution in [0.15, 0.2) is 42.5 Å². The zero-order valence-electron chi connectivity index (χ0n) is 18.4. The second-order valence-corrected chi connectivity index (χ2v) is 6.81. The zero-order valence-corrected chi connectivity index (χ0v) is 18.4. The first-order chi connectivity index (χ1) is 14.7. The van der Waals surface area contributed by atoms with Crippen molar-refractivity contribution in [2.75, 3.05) is 26.3 Å². The minimum absolute atomic E-state index is 0.0203. The molecule has 0 aromatic heterocycles. The van der Waals surface area contributed by atoms with Gasteiger partial charge in [-0.15, -0.1) is 0 Å². The van der Waals surface area contributed by atoms with Gasteiger partial charge in [0.25, 0.3) is 0 Å². The Labute approximate surface area is 181 Å². The predicted octanol–water partition coefficient (Wildman–Crippen LogP) is 3.98. The van der Waals surface area contributed by atoms with Gasteiger partial charge in [-0.05, 0) is 75.3 Å². The van der Waals surface area contributed by atoms with Gasteiger partial charge in [0.2, 0.25) is 0 Å². The minimum Gasteiger partial charge on any atom is -0.490 e. The molecule has 3 rings (SSSR count). The smallest absolute Gasteiger partial charge is 0.161 e. The van der Waals surface area contributed by atoms with Gasteiger partial charge in [0.15, 0.2) is 11.5 Å². The molecule has 0 radical (unpaired) electrons. The standard InChI is InChI=1S/C12H18N2.C11H16O3.CH3N/c13-9-11-4-3-5-12(8-11)10-14-6-1-2-7-14;1-3-13-10-6-5-9(8-12)7-11(10)14-4-2;1-2/h3-5,8H,1-2,6-7,9-10,13H2;5-7,12H,3-4,8H2,1-2H3;2H,1H2. The van der Waals surface area contributed by atoms with Crippen molar-refractivity contribution in [3.63, 3.8) is 0 Å². The summed E-state index contributed by atoms with van der Waals surface area (Å²) in [6, 6.07) is 14.1. The molecular weight excluding hydrogens is 378 g/mol. The van der Waals surface area contributed by atoms with E-state index in [4.69, 9.17) is 25.7 Å². The molecule has 1 heterocycles. The fourth-order valence-electron chi connectivity index (χ4n) is 3.25. The highest BCUT2D eigenvalue weighted by Crippen LogP contribution is 2.28. The van der Waals surface area contributed by atoms with Crippen molar-refractivity contribution in [1.29, 1.82) is 5.41 Å². The van der Waals surface area contributed by atoms with E-state index in [2.05, 4.69) is 35.9 Å². The van der Waals surface area contributed by atoms with Crippen molar-refractivity contribution in [1.82, 2.24) is 4.90 Å².